The summed E-state index contributed by atoms with van der Waals surface area (Å²) in [5.41, 5.74) is 1.46. The largest absolute Gasteiger partial charge is 0.497 e. The zero-order valence-corrected chi connectivity index (χ0v) is 18.4. The number of hydrogen-bond donors (Lipinski definition) is 1. The minimum Gasteiger partial charge on any atom is -0.497 e. The first kappa shape index (κ1) is 21.0. The van der Waals surface area contributed by atoms with Crippen molar-refractivity contribution in [2.24, 2.45) is 0 Å². The van der Waals surface area contributed by atoms with Crippen molar-refractivity contribution in [3.63, 3.8) is 0 Å². The third-order valence-electron chi connectivity index (χ3n) is 4.53. The molecule has 0 bridgehead atoms. The lowest BCUT2D eigenvalue weighted by atomic mass is 10.1. The van der Waals surface area contributed by atoms with E-state index in [1.165, 1.54) is 29.5 Å². The lowest BCUT2D eigenvalue weighted by molar-refractivity contribution is 0.101. The van der Waals surface area contributed by atoms with Crippen molar-refractivity contribution >= 4 is 42.4 Å². The quantitative estimate of drug-likeness (QED) is 0.438. The fourth-order valence-electron chi connectivity index (χ4n) is 2.98. The van der Waals surface area contributed by atoms with Crippen LogP contribution < -0.4 is 10.1 Å². The van der Waals surface area contributed by atoms with Gasteiger partial charge < -0.3 is 9.26 Å². The highest BCUT2D eigenvalue weighted by molar-refractivity contribution is 7.91. The van der Waals surface area contributed by atoms with Crippen LogP contribution in [0.1, 0.15) is 23.8 Å². The molecule has 0 spiro atoms. The maximum absolute atomic E-state index is 12.5. The van der Waals surface area contributed by atoms with Crippen LogP contribution in [0.3, 0.4) is 0 Å². The van der Waals surface area contributed by atoms with Crippen molar-refractivity contribution in [1.82, 2.24) is 10.1 Å². The molecule has 0 saturated carbocycles. The van der Waals surface area contributed by atoms with Gasteiger partial charge in [0.1, 0.15) is 5.75 Å². The number of nitrogens with zero attached hydrogens (tertiary/aromatic N) is 2. The molecular formula is C21H19N3O5S2. The summed E-state index contributed by atoms with van der Waals surface area (Å²) in [6.07, 6.45) is 0.548. The van der Waals surface area contributed by atoms with Gasteiger partial charge in [-0.1, -0.05) is 23.4 Å². The van der Waals surface area contributed by atoms with Crippen molar-refractivity contribution in [3.8, 4) is 17.1 Å². The van der Waals surface area contributed by atoms with Crippen LogP contribution >= 0.6 is 11.3 Å². The number of methoxy groups -OCH3 is 1. The molecule has 0 unspecified atom stereocenters. The van der Waals surface area contributed by atoms with Gasteiger partial charge in [-0.05, 0) is 48.9 Å². The minimum absolute atomic E-state index is 0.0921. The second kappa shape index (κ2) is 8.48. The molecule has 4 aromatic rings. The maximum Gasteiger partial charge on any atom is 0.279 e. The summed E-state index contributed by atoms with van der Waals surface area (Å²) in [7, 11) is -1.70. The number of amides is 1. The van der Waals surface area contributed by atoms with Gasteiger partial charge in [0.05, 0.1) is 28.0 Å². The fourth-order valence-corrected chi connectivity index (χ4v) is 5.19. The zero-order valence-electron chi connectivity index (χ0n) is 16.8. The Morgan fingerprint density at radius 2 is 1.94 bits per heavy atom. The molecule has 8 nitrogen and oxygen atoms in total. The summed E-state index contributed by atoms with van der Waals surface area (Å²) in [4.78, 5) is 17.2. The van der Waals surface area contributed by atoms with E-state index in [1.54, 1.807) is 25.3 Å². The van der Waals surface area contributed by atoms with Crippen LogP contribution in [0.4, 0.5) is 5.13 Å². The average Bonchev–Trinajstić information content (AvgIpc) is 3.40. The van der Waals surface area contributed by atoms with Crippen molar-refractivity contribution in [2.45, 2.75) is 18.2 Å². The number of rotatable bonds is 7. The molecule has 0 fully saturated rings. The molecule has 0 radical (unpaired) electrons. The number of aromatic nitrogens is 2. The standard InChI is InChI=1S/C21H19N3O5S2/c1-3-10-31(26,27)15-7-4-13(5-8-15)18-12-17(24-29-18)20(25)23-21-22-16-9-6-14(28-2)11-19(16)30-21/h4-9,11-12H,3,10H2,1-2H3,(H,22,23,25). The molecule has 2 aromatic carbocycles. The van der Waals surface area contributed by atoms with E-state index in [2.05, 4.69) is 15.5 Å². The first-order chi connectivity index (χ1) is 14.9. The van der Waals surface area contributed by atoms with Crippen LogP contribution in [0, 0.1) is 0 Å². The number of fused-ring (bicyclic) bond motifs is 1. The topological polar surface area (TPSA) is 111 Å². The van der Waals surface area contributed by atoms with Crippen molar-refractivity contribution in [3.05, 3.63) is 54.2 Å². The van der Waals surface area contributed by atoms with Crippen LogP contribution in [0.5, 0.6) is 5.75 Å². The number of sulfone groups is 1. The lowest BCUT2D eigenvalue weighted by Gasteiger charge is -2.03. The van der Waals surface area contributed by atoms with Gasteiger partial charge >= 0.3 is 0 Å². The molecule has 1 N–H and O–H groups in total. The number of hydrogen-bond acceptors (Lipinski definition) is 8. The Labute approximate surface area is 182 Å². The fraction of sp³-hybridized carbons (Fsp3) is 0.190. The highest BCUT2D eigenvalue weighted by atomic mass is 32.2. The molecule has 0 aliphatic heterocycles. The highest BCUT2D eigenvalue weighted by Gasteiger charge is 2.17. The monoisotopic (exact) mass is 457 g/mol. The normalized spacial score (nSPS) is 11.5. The molecule has 0 aliphatic rings. The Balaban J connectivity index is 1.50. The molecule has 1 amide bonds. The van der Waals surface area contributed by atoms with E-state index in [1.807, 2.05) is 19.1 Å². The average molecular weight is 458 g/mol. The van der Waals surface area contributed by atoms with E-state index < -0.39 is 15.7 Å². The predicted octanol–water partition coefficient (Wildman–Crippen LogP) is 4.40. The van der Waals surface area contributed by atoms with E-state index in [4.69, 9.17) is 9.26 Å². The van der Waals surface area contributed by atoms with Crippen molar-refractivity contribution in [2.75, 3.05) is 18.2 Å². The van der Waals surface area contributed by atoms with Gasteiger partial charge in [-0.2, -0.15) is 0 Å². The third-order valence-corrected chi connectivity index (χ3v) is 7.40. The zero-order chi connectivity index (χ0) is 22.0. The van der Waals surface area contributed by atoms with Crippen LogP contribution in [-0.2, 0) is 9.84 Å². The van der Waals surface area contributed by atoms with E-state index >= 15 is 0 Å². The van der Waals surface area contributed by atoms with E-state index in [0.29, 0.717) is 28.6 Å². The van der Waals surface area contributed by atoms with Gasteiger partial charge in [0.2, 0.25) is 0 Å². The van der Waals surface area contributed by atoms with Crippen LogP contribution in [0.25, 0.3) is 21.5 Å². The molecule has 0 atom stereocenters. The summed E-state index contributed by atoms with van der Waals surface area (Å²) >= 11 is 1.32. The lowest BCUT2D eigenvalue weighted by Crippen LogP contribution is -2.11. The number of anilines is 1. The first-order valence-corrected chi connectivity index (χ1v) is 11.9. The van der Waals surface area contributed by atoms with Crippen LogP contribution in [-0.4, -0.2) is 37.3 Å². The van der Waals surface area contributed by atoms with E-state index in [9.17, 15) is 13.2 Å². The molecule has 0 saturated heterocycles. The molecule has 10 heteroatoms. The van der Waals surface area contributed by atoms with Gasteiger partial charge in [-0.25, -0.2) is 13.4 Å². The number of ether oxygens (including phenoxy) is 1. The maximum atomic E-state index is 12.5. The number of thiazole rings is 1. The number of benzene rings is 2. The van der Waals surface area contributed by atoms with Gasteiger partial charge in [0.15, 0.2) is 26.4 Å². The van der Waals surface area contributed by atoms with Crippen LogP contribution in [0.2, 0.25) is 0 Å². The predicted molar refractivity (Wildman–Crippen MR) is 118 cm³/mol. The Morgan fingerprint density at radius 1 is 1.16 bits per heavy atom. The van der Waals surface area contributed by atoms with Gasteiger partial charge in [0.25, 0.3) is 5.91 Å². The smallest absolute Gasteiger partial charge is 0.279 e. The molecule has 31 heavy (non-hydrogen) atoms. The third kappa shape index (κ3) is 4.44. The molecule has 0 aliphatic carbocycles. The summed E-state index contributed by atoms with van der Waals surface area (Å²) < 4.78 is 35.7. The Morgan fingerprint density at radius 3 is 2.65 bits per heavy atom. The van der Waals surface area contributed by atoms with Crippen LogP contribution in [0.15, 0.2) is 57.9 Å². The Bertz CT molecular complexity index is 1340. The first-order valence-electron chi connectivity index (χ1n) is 9.45. The number of carbonyl (C=O) groups excluding carboxylic acids is 1. The van der Waals surface area contributed by atoms with Gasteiger partial charge in [-0.3, -0.25) is 10.1 Å². The molecular weight excluding hydrogens is 438 g/mol. The van der Waals surface area contributed by atoms with Crippen molar-refractivity contribution in [1.29, 1.82) is 0 Å². The van der Waals surface area contributed by atoms with E-state index in [0.717, 1.165) is 10.2 Å². The molecule has 2 heterocycles. The minimum atomic E-state index is -3.29. The second-order valence-electron chi connectivity index (χ2n) is 6.73. The number of carbonyl (C=O) groups is 1. The summed E-state index contributed by atoms with van der Waals surface area (Å²) in [5.74, 6) is 0.711. The molecule has 160 valence electrons. The summed E-state index contributed by atoms with van der Waals surface area (Å²) in [6, 6.07) is 13.3. The SMILES string of the molecule is CCCS(=O)(=O)c1ccc(-c2cc(C(=O)Nc3nc4ccc(OC)cc4s3)no2)cc1. The summed E-state index contributed by atoms with van der Waals surface area (Å²) in [6.45, 7) is 1.82. The second-order valence-corrected chi connectivity index (χ2v) is 9.87. The Kier molecular flexibility index (Phi) is 5.75. The van der Waals surface area contributed by atoms with Crippen molar-refractivity contribution < 1.29 is 22.5 Å². The van der Waals surface area contributed by atoms with E-state index in [-0.39, 0.29) is 16.3 Å². The number of nitrogens with one attached hydrogen (secondary N) is 1. The van der Waals surface area contributed by atoms with Gasteiger partial charge in [-0.15, -0.1) is 0 Å². The Hall–Kier alpha value is -3.24. The summed E-state index contributed by atoms with van der Waals surface area (Å²) in [5, 5.41) is 6.97. The highest BCUT2D eigenvalue weighted by Crippen LogP contribution is 2.30. The molecule has 4 rings (SSSR count). The molecule has 2 aromatic heterocycles. The van der Waals surface area contributed by atoms with Gasteiger partial charge in [0, 0.05) is 11.6 Å².